The Morgan fingerprint density at radius 3 is 2.40 bits per heavy atom. The molecule has 1 heterocycles. The van der Waals surface area contributed by atoms with Gasteiger partial charge in [-0.2, -0.15) is 0 Å². The Kier molecular flexibility index (Phi) is 6.85. The van der Waals surface area contributed by atoms with Crippen LogP contribution in [0.15, 0.2) is 30.3 Å². The van der Waals surface area contributed by atoms with Crippen molar-refractivity contribution in [1.82, 2.24) is 10.2 Å². The van der Waals surface area contributed by atoms with Crippen molar-refractivity contribution in [2.75, 3.05) is 19.7 Å². The van der Waals surface area contributed by atoms with E-state index >= 15 is 0 Å². The van der Waals surface area contributed by atoms with E-state index in [1.54, 1.807) is 0 Å². The van der Waals surface area contributed by atoms with Crippen molar-refractivity contribution in [3.05, 3.63) is 30.3 Å². The van der Waals surface area contributed by atoms with E-state index in [1.807, 2.05) is 35.2 Å². The highest BCUT2D eigenvalue weighted by atomic mass is 16.5. The normalized spacial score (nSPS) is 15.7. The van der Waals surface area contributed by atoms with Crippen LogP contribution in [-0.4, -0.2) is 42.5 Å². The number of hydrogen-bond donors (Lipinski definition) is 1. The van der Waals surface area contributed by atoms with E-state index in [1.165, 1.54) is 0 Å². The molecule has 0 aliphatic carbocycles. The first-order chi connectivity index (χ1) is 11.8. The summed E-state index contributed by atoms with van der Waals surface area (Å²) in [4.78, 5) is 26.2. The largest absolute Gasteiger partial charge is 0.493 e. The summed E-state index contributed by atoms with van der Waals surface area (Å²) in [7, 11) is 0. The van der Waals surface area contributed by atoms with Crippen LogP contribution in [-0.2, 0) is 9.59 Å². The number of amides is 2. The number of ether oxygens (including phenoxy) is 1. The third-order valence-electron chi connectivity index (χ3n) is 4.24. The molecule has 25 heavy (non-hydrogen) atoms. The number of carbonyl (C=O) groups is 2. The van der Waals surface area contributed by atoms with Gasteiger partial charge in [0.05, 0.1) is 13.0 Å². The van der Waals surface area contributed by atoms with Crippen LogP contribution in [0, 0.1) is 5.41 Å². The van der Waals surface area contributed by atoms with Gasteiger partial charge in [-0.3, -0.25) is 9.59 Å². The fourth-order valence-corrected chi connectivity index (χ4v) is 2.92. The Hall–Kier alpha value is -2.04. The molecule has 1 saturated heterocycles. The first-order valence-corrected chi connectivity index (χ1v) is 9.08. The second-order valence-corrected chi connectivity index (χ2v) is 7.87. The van der Waals surface area contributed by atoms with E-state index in [-0.39, 0.29) is 23.3 Å². The average Bonchev–Trinajstić information content (AvgIpc) is 2.55. The predicted molar refractivity (Wildman–Crippen MR) is 98.4 cm³/mol. The van der Waals surface area contributed by atoms with Crippen LogP contribution in [0.3, 0.4) is 0 Å². The zero-order chi connectivity index (χ0) is 18.3. The Labute approximate surface area is 150 Å². The minimum atomic E-state index is 0.00963. The van der Waals surface area contributed by atoms with Gasteiger partial charge in [0, 0.05) is 25.6 Å². The van der Waals surface area contributed by atoms with Crippen molar-refractivity contribution in [3.63, 3.8) is 0 Å². The van der Waals surface area contributed by atoms with Crippen molar-refractivity contribution in [2.24, 2.45) is 5.41 Å². The summed E-state index contributed by atoms with van der Waals surface area (Å²) in [5, 5.41) is 3.06. The number of rotatable bonds is 6. The first kappa shape index (κ1) is 19.3. The first-order valence-electron chi connectivity index (χ1n) is 9.08. The smallest absolute Gasteiger partial charge is 0.223 e. The van der Waals surface area contributed by atoms with Gasteiger partial charge in [0.2, 0.25) is 11.8 Å². The third kappa shape index (κ3) is 7.16. The number of benzene rings is 1. The quantitative estimate of drug-likeness (QED) is 0.861. The lowest BCUT2D eigenvalue weighted by molar-refractivity contribution is -0.134. The van der Waals surface area contributed by atoms with Crippen molar-refractivity contribution in [3.8, 4) is 5.75 Å². The Bertz CT molecular complexity index is 558. The predicted octanol–water partition coefficient (Wildman–Crippen LogP) is 3.00. The number of nitrogens with zero attached hydrogens (tertiary/aromatic N) is 1. The van der Waals surface area contributed by atoms with E-state index in [0.717, 1.165) is 31.7 Å². The second-order valence-electron chi connectivity index (χ2n) is 7.87. The van der Waals surface area contributed by atoms with E-state index in [2.05, 4.69) is 26.1 Å². The van der Waals surface area contributed by atoms with Crippen LogP contribution in [0.4, 0.5) is 0 Å². The maximum Gasteiger partial charge on any atom is 0.223 e. The van der Waals surface area contributed by atoms with Crippen LogP contribution in [0.2, 0.25) is 0 Å². The standard InChI is InChI=1S/C20H30N2O3/c1-20(2,3)15-19(24)22-12-9-16(10-13-22)21-18(23)11-14-25-17-7-5-4-6-8-17/h4-8,16H,9-15H2,1-3H3,(H,21,23). The highest BCUT2D eigenvalue weighted by Crippen LogP contribution is 2.21. The highest BCUT2D eigenvalue weighted by molar-refractivity contribution is 5.77. The average molecular weight is 346 g/mol. The molecule has 1 aliphatic rings. The molecular formula is C20H30N2O3. The fourth-order valence-electron chi connectivity index (χ4n) is 2.92. The van der Waals surface area contributed by atoms with E-state index < -0.39 is 0 Å². The number of para-hydroxylation sites is 1. The topological polar surface area (TPSA) is 58.6 Å². The maximum atomic E-state index is 12.2. The van der Waals surface area contributed by atoms with Crippen molar-refractivity contribution >= 4 is 11.8 Å². The van der Waals surface area contributed by atoms with Gasteiger partial charge in [-0.15, -0.1) is 0 Å². The minimum absolute atomic E-state index is 0.00963. The van der Waals surface area contributed by atoms with Crippen molar-refractivity contribution < 1.29 is 14.3 Å². The van der Waals surface area contributed by atoms with E-state index in [4.69, 9.17) is 4.74 Å². The van der Waals surface area contributed by atoms with Gasteiger partial charge >= 0.3 is 0 Å². The molecule has 0 aromatic heterocycles. The van der Waals surface area contributed by atoms with E-state index in [0.29, 0.717) is 19.4 Å². The Balaban J connectivity index is 1.64. The van der Waals surface area contributed by atoms with Crippen molar-refractivity contribution in [1.29, 1.82) is 0 Å². The number of hydrogen-bond acceptors (Lipinski definition) is 3. The highest BCUT2D eigenvalue weighted by Gasteiger charge is 2.26. The zero-order valence-corrected chi connectivity index (χ0v) is 15.6. The van der Waals surface area contributed by atoms with Gasteiger partial charge in [-0.1, -0.05) is 39.0 Å². The Morgan fingerprint density at radius 2 is 1.80 bits per heavy atom. The van der Waals surface area contributed by atoms with Gasteiger partial charge in [-0.05, 0) is 30.4 Å². The molecule has 1 fully saturated rings. The summed E-state index contributed by atoms with van der Waals surface area (Å²) in [5.74, 6) is 1.00. The minimum Gasteiger partial charge on any atom is -0.493 e. The SMILES string of the molecule is CC(C)(C)CC(=O)N1CCC(NC(=O)CCOc2ccccc2)CC1. The maximum absolute atomic E-state index is 12.2. The molecule has 1 aromatic rings. The van der Waals surface area contributed by atoms with Crippen molar-refractivity contribution in [2.45, 2.75) is 52.5 Å². The zero-order valence-electron chi connectivity index (χ0n) is 15.6. The second kappa shape index (κ2) is 8.88. The molecule has 2 amide bonds. The molecule has 138 valence electrons. The summed E-state index contributed by atoms with van der Waals surface area (Å²) in [6.07, 6.45) is 2.56. The molecule has 0 unspecified atom stereocenters. The molecule has 5 nitrogen and oxygen atoms in total. The molecule has 5 heteroatoms. The number of carbonyl (C=O) groups excluding carboxylic acids is 2. The summed E-state index contributed by atoms with van der Waals surface area (Å²) in [6.45, 7) is 8.06. The third-order valence-corrected chi connectivity index (χ3v) is 4.24. The number of piperidine rings is 1. The molecule has 0 bridgehead atoms. The van der Waals surface area contributed by atoms with Crippen LogP contribution >= 0.6 is 0 Å². The van der Waals surface area contributed by atoms with Crippen LogP contribution < -0.4 is 10.1 Å². The molecule has 0 saturated carbocycles. The lowest BCUT2D eigenvalue weighted by Gasteiger charge is -2.34. The summed E-state index contributed by atoms with van der Waals surface area (Å²) in [6, 6.07) is 9.65. The monoisotopic (exact) mass is 346 g/mol. The number of likely N-dealkylation sites (tertiary alicyclic amines) is 1. The lowest BCUT2D eigenvalue weighted by Crippen LogP contribution is -2.47. The van der Waals surface area contributed by atoms with Gasteiger partial charge in [-0.25, -0.2) is 0 Å². The summed E-state index contributed by atoms with van der Waals surface area (Å²) in [5.41, 5.74) is 0.0148. The number of nitrogens with one attached hydrogen (secondary N) is 1. The molecule has 2 rings (SSSR count). The lowest BCUT2D eigenvalue weighted by atomic mass is 9.91. The van der Waals surface area contributed by atoms with Crippen LogP contribution in [0.5, 0.6) is 5.75 Å². The molecular weight excluding hydrogens is 316 g/mol. The molecule has 0 atom stereocenters. The molecule has 0 spiro atoms. The fraction of sp³-hybridized carbons (Fsp3) is 0.600. The molecule has 1 aromatic carbocycles. The van der Waals surface area contributed by atoms with Crippen LogP contribution in [0.25, 0.3) is 0 Å². The van der Waals surface area contributed by atoms with Gasteiger partial charge in [0.1, 0.15) is 5.75 Å². The summed E-state index contributed by atoms with van der Waals surface area (Å²) < 4.78 is 5.55. The van der Waals surface area contributed by atoms with E-state index in [9.17, 15) is 9.59 Å². The van der Waals surface area contributed by atoms with Gasteiger partial charge < -0.3 is 15.0 Å². The van der Waals surface area contributed by atoms with Crippen LogP contribution in [0.1, 0.15) is 46.5 Å². The molecule has 0 radical (unpaired) electrons. The van der Waals surface area contributed by atoms with Gasteiger partial charge in [0.15, 0.2) is 0 Å². The molecule has 1 aliphatic heterocycles. The van der Waals surface area contributed by atoms with Gasteiger partial charge in [0.25, 0.3) is 0 Å². The summed E-state index contributed by atoms with van der Waals surface area (Å²) >= 11 is 0. The Morgan fingerprint density at radius 1 is 1.16 bits per heavy atom. The molecule has 1 N–H and O–H groups in total.